The molecule has 0 radical (unpaired) electrons. The van der Waals surface area contributed by atoms with E-state index in [9.17, 15) is 0 Å². The molecule has 1 aliphatic carbocycles. The van der Waals surface area contributed by atoms with E-state index < -0.39 is 0 Å². The monoisotopic (exact) mass is 676 g/mol. The van der Waals surface area contributed by atoms with Crippen LogP contribution in [0.4, 0.5) is 0 Å². The molecule has 7 nitrogen and oxygen atoms in total. The third kappa shape index (κ3) is 5.26. The van der Waals surface area contributed by atoms with E-state index >= 15 is 4.79 Å². The minimum Gasteiger partial charge on any atom is -0.369 e. The van der Waals surface area contributed by atoms with Crippen LogP contribution >= 0.6 is 0 Å². The van der Waals surface area contributed by atoms with Crippen LogP contribution in [0, 0.1) is 0 Å². The minimum absolute atomic E-state index is 0.0152. The fourth-order valence-electron chi connectivity index (χ4n) is 7.63. The quantitative estimate of drug-likeness (QED) is 0.141. The van der Waals surface area contributed by atoms with Gasteiger partial charge in [0.2, 0.25) is 5.96 Å². The van der Waals surface area contributed by atoms with Crippen molar-refractivity contribution in [2.75, 3.05) is 6.54 Å². The summed E-state index contributed by atoms with van der Waals surface area (Å²) >= 11 is 0. The molecule has 0 amide bonds. The number of nitrogens with two attached hydrogens (primary N) is 1. The lowest BCUT2D eigenvalue weighted by Gasteiger charge is -2.20. The summed E-state index contributed by atoms with van der Waals surface area (Å²) in [4.78, 5) is 25.3. The number of pyridine rings is 1. The molecule has 0 spiro atoms. The normalized spacial score (nSPS) is 15.0. The van der Waals surface area contributed by atoms with Gasteiger partial charge >= 0.3 is 0 Å². The van der Waals surface area contributed by atoms with Crippen molar-refractivity contribution in [1.82, 2.24) is 13.7 Å². The van der Waals surface area contributed by atoms with Crippen molar-refractivity contribution in [3.8, 4) is 5.69 Å². The van der Waals surface area contributed by atoms with Crippen molar-refractivity contribution in [1.29, 1.82) is 0 Å². The maximum atomic E-state index is 15.2. The van der Waals surface area contributed by atoms with E-state index in [2.05, 4.69) is 59.2 Å². The van der Waals surface area contributed by atoms with Crippen molar-refractivity contribution >= 4 is 55.5 Å². The molecule has 8 aromatic rings. The van der Waals surface area contributed by atoms with Crippen molar-refractivity contribution in [3.63, 3.8) is 0 Å². The zero-order valence-electron chi connectivity index (χ0n) is 28.5. The summed E-state index contributed by atoms with van der Waals surface area (Å²) in [6.45, 7) is 0.542. The summed E-state index contributed by atoms with van der Waals surface area (Å²) in [5, 5.41) is 2.39. The molecule has 1 atom stereocenters. The molecule has 7 heteroatoms. The van der Waals surface area contributed by atoms with Crippen LogP contribution < -0.4 is 11.3 Å². The number of aromatic nitrogens is 3. The van der Waals surface area contributed by atoms with Crippen LogP contribution in [0.3, 0.4) is 0 Å². The molecule has 52 heavy (non-hydrogen) atoms. The predicted octanol–water partition coefficient (Wildman–Crippen LogP) is 8.96. The predicted molar refractivity (Wildman–Crippen MR) is 215 cm³/mol. The maximum absolute atomic E-state index is 15.2. The molecule has 0 aliphatic heterocycles. The fraction of sp³-hybridized carbons (Fsp3) is 0.0889. The molecule has 0 saturated heterocycles. The van der Waals surface area contributed by atoms with Crippen LogP contribution in [-0.4, -0.2) is 32.0 Å². The summed E-state index contributed by atoms with van der Waals surface area (Å²) in [5.74, 6) is 0.775. The summed E-state index contributed by atoms with van der Waals surface area (Å²) in [5.41, 5.74) is 14.3. The first-order chi connectivity index (χ1) is 25.7. The maximum Gasteiger partial charge on any atom is 0.265 e. The lowest BCUT2D eigenvalue weighted by molar-refractivity contribution is 0.648. The number of nitrogens with zero attached hydrogens (tertiary/aromatic N) is 5. The number of amidine groups is 1. The van der Waals surface area contributed by atoms with E-state index in [1.807, 2.05) is 118 Å². The van der Waals surface area contributed by atoms with E-state index in [0.29, 0.717) is 17.8 Å². The molecular formula is C45H36N6O. The number of rotatable bonds is 6. The Morgan fingerprint density at radius 3 is 2.08 bits per heavy atom. The first kappa shape index (κ1) is 31.3. The number of aliphatic imine (C=N–C) groups is 2. The Morgan fingerprint density at radius 2 is 1.35 bits per heavy atom. The third-order valence-corrected chi connectivity index (χ3v) is 9.91. The van der Waals surface area contributed by atoms with E-state index in [1.165, 1.54) is 5.56 Å². The van der Waals surface area contributed by atoms with E-state index in [1.54, 1.807) is 0 Å². The lowest BCUT2D eigenvalue weighted by atomic mass is 10.1. The number of fused-ring (bicyclic) bond motifs is 7. The molecule has 3 heterocycles. The van der Waals surface area contributed by atoms with Gasteiger partial charge in [0.15, 0.2) is 5.84 Å². The van der Waals surface area contributed by atoms with Crippen LogP contribution in [0.2, 0.25) is 0 Å². The molecule has 0 fully saturated rings. The molecular weight excluding hydrogens is 641 g/mol. The Bertz CT molecular complexity index is 2780. The van der Waals surface area contributed by atoms with Gasteiger partial charge in [-0.1, -0.05) is 140 Å². The van der Waals surface area contributed by atoms with Gasteiger partial charge in [0, 0.05) is 28.6 Å². The summed E-state index contributed by atoms with van der Waals surface area (Å²) < 4.78 is 6.22. The zero-order valence-corrected chi connectivity index (χ0v) is 28.5. The SMILES string of the molecule is NC(=NC(=NCCc1ccccc1)c1ccccc1)n1c2ccccc2c2c(=O)n(-c3ccccc3)c3c4ccccc4n(C4C=CC=CC4)c3c21. The molecule has 2 N–H and O–H groups in total. The van der Waals surface area contributed by atoms with E-state index in [0.717, 1.165) is 62.4 Å². The van der Waals surface area contributed by atoms with Gasteiger partial charge in [-0.05, 0) is 42.7 Å². The summed E-state index contributed by atoms with van der Waals surface area (Å²) in [6.07, 6.45) is 10.2. The highest BCUT2D eigenvalue weighted by molar-refractivity contribution is 6.25. The number of hydrogen-bond acceptors (Lipinski definition) is 2. The first-order valence-electron chi connectivity index (χ1n) is 17.7. The van der Waals surface area contributed by atoms with Crippen LogP contribution in [0.5, 0.6) is 0 Å². The standard InChI is InChI=1S/C45H36N6O/c46-45(48-43(32-19-7-2-8-20-32)47-30-29-31-17-5-1-6-18-31)51-37-27-15-13-25-35(37)39-41(51)42-40(50(44(39)52)34-23-11-4-12-24-34)36-26-14-16-28-38(36)49(42)33-21-9-3-10-22-33/h1-21,23-28,33H,22,29-30H2,(H2,46,47,48). The second kappa shape index (κ2) is 13.2. The average molecular weight is 677 g/mol. The van der Waals surface area contributed by atoms with Crippen molar-refractivity contribution in [3.05, 3.63) is 185 Å². The van der Waals surface area contributed by atoms with Crippen molar-refractivity contribution in [2.24, 2.45) is 15.7 Å². The molecule has 252 valence electrons. The van der Waals surface area contributed by atoms with Gasteiger partial charge in [0.1, 0.15) is 0 Å². The first-order valence-corrected chi connectivity index (χ1v) is 17.7. The molecule has 1 aliphatic rings. The topological polar surface area (TPSA) is 82.6 Å². The fourth-order valence-corrected chi connectivity index (χ4v) is 7.63. The third-order valence-electron chi connectivity index (χ3n) is 9.91. The molecule has 1 unspecified atom stereocenters. The highest BCUT2D eigenvalue weighted by atomic mass is 16.1. The van der Waals surface area contributed by atoms with Gasteiger partial charge in [-0.3, -0.25) is 18.9 Å². The van der Waals surface area contributed by atoms with E-state index in [4.69, 9.17) is 15.7 Å². The van der Waals surface area contributed by atoms with E-state index in [-0.39, 0.29) is 17.6 Å². The molecule has 3 aromatic heterocycles. The van der Waals surface area contributed by atoms with Gasteiger partial charge in [0.05, 0.1) is 39.0 Å². The van der Waals surface area contributed by atoms with Crippen molar-refractivity contribution < 1.29 is 0 Å². The molecule has 9 rings (SSSR count). The van der Waals surface area contributed by atoms with Gasteiger partial charge in [-0.2, -0.15) is 4.99 Å². The second-order valence-corrected chi connectivity index (χ2v) is 13.0. The number of benzene rings is 5. The summed E-state index contributed by atoms with van der Waals surface area (Å²) in [7, 11) is 0. The minimum atomic E-state index is -0.113. The molecule has 0 saturated carbocycles. The Balaban J connectivity index is 1.39. The highest BCUT2D eigenvalue weighted by Crippen LogP contribution is 2.40. The van der Waals surface area contributed by atoms with Gasteiger partial charge < -0.3 is 10.3 Å². The summed E-state index contributed by atoms with van der Waals surface area (Å²) in [6, 6.07) is 46.5. The molecule has 5 aromatic carbocycles. The number of allylic oxidation sites excluding steroid dienone is 4. The average Bonchev–Trinajstić information content (AvgIpc) is 3.73. The number of hydrogen-bond donors (Lipinski definition) is 1. The van der Waals surface area contributed by atoms with Crippen LogP contribution in [0.1, 0.15) is 23.6 Å². The Hall–Kier alpha value is -6.73. The smallest absolute Gasteiger partial charge is 0.265 e. The largest absolute Gasteiger partial charge is 0.369 e. The van der Waals surface area contributed by atoms with Gasteiger partial charge in [0.25, 0.3) is 5.56 Å². The Morgan fingerprint density at radius 1 is 0.692 bits per heavy atom. The van der Waals surface area contributed by atoms with Crippen LogP contribution in [0.25, 0.3) is 49.4 Å². The Kier molecular flexibility index (Phi) is 7.93. The zero-order chi connectivity index (χ0) is 35.0. The lowest BCUT2D eigenvalue weighted by Crippen LogP contribution is -2.26. The highest BCUT2D eigenvalue weighted by Gasteiger charge is 2.28. The molecule has 0 bridgehead atoms. The Labute approximate surface area is 300 Å². The van der Waals surface area contributed by atoms with Crippen molar-refractivity contribution in [2.45, 2.75) is 18.9 Å². The number of para-hydroxylation sites is 3. The second-order valence-electron chi connectivity index (χ2n) is 13.0. The van der Waals surface area contributed by atoms with Crippen LogP contribution in [0.15, 0.2) is 179 Å². The van der Waals surface area contributed by atoms with Crippen LogP contribution in [-0.2, 0) is 6.42 Å². The van der Waals surface area contributed by atoms with Gasteiger partial charge in [-0.15, -0.1) is 0 Å². The van der Waals surface area contributed by atoms with Gasteiger partial charge in [-0.25, -0.2) is 0 Å².